The molecule has 0 fully saturated rings. The molecule has 1 aromatic heterocycles. The molecule has 1 N–H and O–H groups in total. The predicted octanol–water partition coefficient (Wildman–Crippen LogP) is 0.437. The molecule has 12 heavy (non-hydrogen) atoms. The molecule has 0 aliphatic carbocycles. The SMILES string of the molecule is Cc1nnc(CCC(C)O)n1C. The van der Waals surface area contributed by atoms with Gasteiger partial charge in [-0.25, -0.2) is 0 Å². The molecule has 0 aliphatic rings. The minimum Gasteiger partial charge on any atom is -0.393 e. The van der Waals surface area contributed by atoms with Crippen LogP contribution in [0.3, 0.4) is 0 Å². The summed E-state index contributed by atoms with van der Waals surface area (Å²) in [5, 5.41) is 17.0. The zero-order chi connectivity index (χ0) is 9.14. The summed E-state index contributed by atoms with van der Waals surface area (Å²) in [6.07, 6.45) is 1.27. The van der Waals surface area contributed by atoms with E-state index in [-0.39, 0.29) is 6.10 Å². The second kappa shape index (κ2) is 3.67. The molecule has 0 aromatic carbocycles. The van der Waals surface area contributed by atoms with Gasteiger partial charge in [-0.1, -0.05) is 0 Å². The van der Waals surface area contributed by atoms with E-state index in [0.717, 1.165) is 24.5 Å². The summed E-state index contributed by atoms with van der Waals surface area (Å²) < 4.78 is 1.95. The van der Waals surface area contributed by atoms with Crippen LogP contribution >= 0.6 is 0 Å². The Labute approximate surface area is 72.2 Å². The number of nitrogens with zero attached hydrogens (tertiary/aromatic N) is 3. The molecule has 0 spiro atoms. The predicted molar refractivity (Wildman–Crippen MR) is 45.7 cm³/mol. The van der Waals surface area contributed by atoms with Gasteiger partial charge in [0.15, 0.2) is 0 Å². The number of aromatic nitrogens is 3. The molecule has 0 aliphatic heterocycles. The van der Waals surface area contributed by atoms with E-state index >= 15 is 0 Å². The van der Waals surface area contributed by atoms with Gasteiger partial charge >= 0.3 is 0 Å². The van der Waals surface area contributed by atoms with Crippen LogP contribution in [0.2, 0.25) is 0 Å². The van der Waals surface area contributed by atoms with E-state index in [1.807, 2.05) is 18.5 Å². The average molecular weight is 169 g/mol. The summed E-state index contributed by atoms with van der Waals surface area (Å²) in [6, 6.07) is 0. The van der Waals surface area contributed by atoms with Crippen molar-refractivity contribution in [3.63, 3.8) is 0 Å². The minimum atomic E-state index is -0.262. The van der Waals surface area contributed by atoms with Gasteiger partial charge in [-0.05, 0) is 20.3 Å². The Kier molecular flexibility index (Phi) is 2.81. The van der Waals surface area contributed by atoms with Crippen molar-refractivity contribution in [2.45, 2.75) is 32.8 Å². The summed E-state index contributed by atoms with van der Waals surface area (Å²) in [7, 11) is 1.94. The lowest BCUT2D eigenvalue weighted by molar-refractivity contribution is 0.184. The van der Waals surface area contributed by atoms with E-state index in [4.69, 9.17) is 5.11 Å². The van der Waals surface area contributed by atoms with Crippen molar-refractivity contribution in [1.82, 2.24) is 14.8 Å². The summed E-state index contributed by atoms with van der Waals surface area (Å²) >= 11 is 0. The summed E-state index contributed by atoms with van der Waals surface area (Å²) in [5.41, 5.74) is 0. The normalized spacial score (nSPS) is 13.3. The number of rotatable bonds is 3. The quantitative estimate of drug-likeness (QED) is 0.714. The molecule has 0 saturated carbocycles. The Morgan fingerprint density at radius 3 is 2.58 bits per heavy atom. The Hall–Kier alpha value is -0.900. The van der Waals surface area contributed by atoms with Crippen molar-refractivity contribution in [1.29, 1.82) is 0 Å². The van der Waals surface area contributed by atoms with Gasteiger partial charge in [-0.15, -0.1) is 10.2 Å². The van der Waals surface area contributed by atoms with Crippen molar-refractivity contribution in [2.24, 2.45) is 7.05 Å². The maximum absolute atomic E-state index is 9.05. The standard InChI is InChI=1S/C8H15N3O/c1-6(12)4-5-8-10-9-7(2)11(8)3/h6,12H,4-5H2,1-3H3. The van der Waals surface area contributed by atoms with Crippen LogP contribution in [-0.4, -0.2) is 26.0 Å². The minimum absolute atomic E-state index is 0.262. The van der Waals surface area contributed by atoms with Gasteiger partial charge in [0.05, 0.1) is 6.10 Å². The molecule has 4 nitrogen and oxygen atoms in total. The lowest BCUT2D eigenvalue weighted by atomic mass is 10.2. The highest BCUT2D eigenvalue weighted by Gasteiger charge is 2.05. The zero-order valence-electron chi connectivity index (χ0n) is 7.78. The van der Waals surface area contributed by atoms with Crippen molar-refractivity contribution in [2.75, 3.05) is 0 Å². The van der Waals surface area contributed by atoms with Gasteiger partial charge < -0.3 is 9.67 Å². The van der Waals surface area contributed by atoms with Crippen LogP contribution in [0.15, 0.2) is 0 Å². The first-order valence-electron chi connectivity index (χ1n) is 4.14. The number of aliphatic hydroxyl groups is 1. The first-order valence-corrected chi connectivity index (χ1v) is 4.14. The Morgan fingerprint density at radius 1 is 1.50 bits per heavy atom. The number of hydrogen-bond donors (Lipinski definition) is 1. The van der Waals surface area contributed by atoms with E-state index in [1.54, 1.807) is 6.92 Å². The molecule has 1 atom stereocenters. The summed E-state index contributed by atoms with van der Waals surface area (Å²) in [5.74, 6) is 1.85. The van der Waals surface area contributed by atoms with Crippen LogP contribution in [0.5, 0.6) is 0 Å². The molecule has 0 radical (unpaired) electrons. The maximum Gasteiger partial charge on any atom is 0.132 e. The second-order valence-electron chi connectivity index (χ2n) is 3.11. The van der Waals surface area contributed by atoms with Gasteiger partial charge in [-0.2, -0.15) is 0 Å². The molecular weight excluding hydrogens is 154 g/mol. The fourth-order valence-corrected chi connectivity index (χ4v) is 1.01. The van der Waals surface area contributed by atoms with E-state index in [1.165, 1.54) is 0 Å². The lowest BCUT2D eigenvalue weighted by Gasteiger charge is -2.03. The monoisotopic (exact) mass is 169 g/mol. The van der Waals surface area contributed by atoms with Crippen LogP contribution in [-0.2, 0) is 13.5 Å². The van der Waals surface area contributed by atoms with Crippen LogP contribution in [0.1, 0.15) is 25.0 Å². The fourth-order valence-electron chi connectivity index (χ4n) is 1.01. The number of hydrogen-bond acceptors (Lipinski definition) is 3. The van der Waals surface area contributed by atoms with Crippen molar-refractivity contribution in [3.8, 4) is 0 Å². The zero-order valence-corrected chi connectivity index (χ0v) is 7.78. The highest BCUT2D eigenvalue weighted by atomic mass is 16.3. The fraction of sp³-hybridized carbons (Fsp3) is 0.750. The van der Waals surface area contributed by atoms with Gasteiger partial charge in [0.25, 0.3) is 0 Å². The maximum atomic E-state index is 9.05. The highest BCUT2D eigenvalue weighted by Crippen LogP contribution is 2.02. The molecule has 1 heterocycles. The van der Waals surface area contributed by atoms with Gasteiger partial charge in [0, 0.05) is 13.5 Å². The van der Waals surface area contributed by atoms with Crippen LogP contribution in [0.4, 0.5) is 0 Å². The van der Waals surface area contributed by atoms with Crippen molar-refractivity contribution in [3.05, 3.63) is 11.6 Å². The molecule has 0 amide bonds. The topological polar surface area (TPSA) is 50.9 Å². The van der Waals surface area contributed by atoms with Gasteiger partial charge in [0.1, 0.15) is 11.6 Å². The summed E-state index contributed by atoms with van der Waals surface area (Å²) in [4.78, 5) is 0. The molecule has 1 aromatic rings. The van der Waals surface area contributed by atoms with E-state index in [2.05, 4.69) is 10.2 Å². The first kappa shape index (κ1) is 9.19. The van der Waals surface area contributed by atoms with E-state index in [9.17, 15) is 0 Å². The van der Waals surface area contributed by atoms with E-state index < -0.39 is 0 Å². The van der Waals surface area contributed by atoms with Crippen LogP contribution in [0.25, 0.3) is 0 Å². The van der Waals surface area contributed by atoms with Crippen molar-refractivity contribution >= 4 is 0 Å². The molecule has 68 valence electrons. The molecule has 0 saturated heterocycles. The molecule has 0 bridgehead atoms. The highest BCUT2D eigenvalue weighted by molar-refractivity contribution is 4.92. The smallest absolute Gasteiger partial charge is 0.132 e. The van der Waals surface area contributed by atoms with Crippen molar-refractivity contribution < 1.29 is 5.11 Å². The molecule has 4 heteroatoms. The Bertz CT molecular complexity index is 255. The molecule has 1 rings (SSSR count). The third-order valence-corrected chi connectivity index (χ3v) is 1.97. The van der Waals surface area contributed by atoms with Crippen LogP contribution in [0, 0.1) is 6.92 Å². The van der Waals surface area contributed by atoms with Gasteiger partial charge in [-0.3, -0.25) is 0 Å². The molecular formula is C8H15N3O. The van der Waals surface area contributed by atoms with Crippen LogP contribution < -0.4 is 0 Å². The Morgan fingerprint density at radius 2 is 2.17 bits per heavy atom. The summed E-state index contributed by atoms with van der Waals surface area (Å²) in [6.45, 7) is 3.70. The second-order valence-corrected chi connectivity index (χ2v) is 3.11. The number of aliphatic hydroxyl groups excluding tert-OH is 1. The first-order chi connectivity index (χ1) is 5.61. The average Bonchev–Trinajstić information content (AvgIpc) is 2.30. The van der Waals surface area contributed by atoms with E-state index in [0.29, 0.717) is 0 Å². The third-order valence-electron chi connectivity index (χ3n) is 1.97. The largest absolute Gasteiger partial charge is 0.393 e. The molecule has 1 unspecified atom stereocenters. The number of aryl methyl sites for hydroxylation is 2. The lowest BCUT2D eigenvalue weighted by Crippen LogP contribution is -2.06. The Balaban J connectivity index is 2.58. The third kappa shape index (κ3) is 2.04. The van der Waals surface area contributed by atoms with Gasteiger partial charge in [0.2, 0.25) is 0 Å².